The monoisotopic (exact) mass is 240 g/mol. The van der Waals surface area contributed by atoms with Gasteiger partial charge in [-0.15, -0.1) is 11.3 Å². The van der Waals surface area contributed by atoms with Crippen LogP contribution >= 0.6 is 11.3 Å². The van der Waals surface area contributed by atoms with Crippen LogP contribution in [0.3, 0.4) is 0 Å². The lowest BCUT2D eigenvalue weighted by Crippen LogP contribution is -2.27. The smallest absolute Gasteiger partial charge is 0.180 e. The van der Waals surface area contributed by atoms with Crippen molar-refractivity contribution in [1.29, 1.82) is 5.26 Å². The molecule has 5 nitrogen and oxygen atoms in total. The number of methoxy groups -OCH3 is 1. The third-order valence-electron chi connectivity index (χ3n) is 2.10. The molecule has 0 amide bonds. The summed E-state index contributed by atoms with van der Waals surface area (Å²) in [4.78, 5) is 7.29. The molecule has 0 unspecified atom stereocenters. The Morgan fingerprint density at radius 1 is 1.62 bits per heavy atom. The number of hydrogen-bond donors (Lipinski definition) is 1. The van der Waals surface area contributed by atoms with E-state index in [2.05, 4.69) is 16.0 Å². The summed E-state index contributed by atoms with van der Waals surface area (Å²) in [6.45, 7) is 3.01. The highest BCUT2D eigenvalue weighted by molar-refractivity contribution is 7.15. The second kappa shape index (κ2) is 7.17. The van der Waals surface area contributed by atoms with E-state index in [1.165, 1.54) is 11.3 Å². The molecule has 16 heavy (non-hydrogen) atoms. The van der Waals surface area contributed by atoms with Crippen molar-refractivity contribution in [2.45, 2.75) is 13.0 Å². The Morgan fingerprint density at radius 2 is 2.44 bits per heavy atom. The average Bonchev–Trinajstić information content (AvgIpc) is 2.68. The van der Waals surface area contributed by atoms with Gasteiger partial charge in [-0.3, -0.25) is 4.90 Å². The molecule has 88 valence electrons. The fourth-order valence-electron chi connectivity index (χ4n) is 1.31. The average molecular weight is 240 g/mol. The molecule has 0 aliphatic carbocycles. The molecular formula is C10H16N4OS. The Labute approximate surface area is 99.5 Å². The summed E-state index contributed by atoms with van der Waals surface area (Å²) in [6.07, 6.45) is 2.31. The number of anilines is 1. The topological polar surface area (TPSA) is 75.2 Å². The second-order valence-electron chi connectivity index (χ2n) is 3.34. The number of thiazole rings is 1. The van der Waals surface area contributed by atoms with Crippen molar-refractivity contribution in [3.63, 3.8) is 0 Å². The molecule has 0 fully saturated rings. The molecule has 0 aromatic carbocycles. The summed E-state index contributed by atoms with van der Waals surface area (Å²) in [6, 6.07) is 2.15. The quantitative estimate of drug-likeness (QED) is 0.772. The first kappa shape index (κ1) is 12.9. The molecule has 0 radical (unpaired) electrons. The number of aromatic nitrogens is 1. The van der Waals surface area contributed by atoms with Gasteiger partial charge in [0.25, 0.3) is 0 Å². The Balaban J connectivity index is 2.45. The van der Waals surface area contributed by atoms with Gasteiger partial charge < -0.3 is 10.5 Å². The summed E-state index contributed by atoms with van der Waals surface area (Å²) in [7, 11) is 1.67. The fraction of sp³-hybridized carbons (Fsp3) is 0.600. The van der Waals surface area contributed by atoms with Gasteiger partial charge in [0, 0.05) is 44.2 Å². The van der Waals surface area contributed by atoms with Crippen LogP contribution in [-0.4, -0.2) is 36.7 Å². The zero-order valence-corrected chi connectivity index (χ0v) is 10.2. The van der Waals surface area contributed by atoms with E-state index >= 15 is 0 Å². The predicted molar refractivity (Wildman–Crippen MR) is 63.9 cm³/mol. The number of nitrogens with two attached hydrogens (primary N) is 1. The number of rotatable bonds is 7. The van der Waals surface area contributed by atoms with Crippen molar-refractivity contribution in [3.05, 3.63) is 11.1 Å². The van der Waals surface area contributed by atoms with Crippen molar-refractivity contribution in [2.24, 2.45) is 0 Å². The van der Waals surface area contributed by atoms with E-state index in [0.29, 0.717) is 18.2 Å². The maximum Gasteiger partial charge on any atom is 0.180 e. The van der Waals surface area contributed by atoms with Gasteiger partial charge in [-0.25, -0.2) is 4.98 Å². The molecular weight excluding hydrogens is 224 g/mol. The predicted octanol–water partition coefficient (Wildman–Crippen LogP) is 1.09. The summed E-state index contributed by atoms with van der Waals surface area (Å²) in [5.41, 5.74) is 5.57. The summed E-state index contributed by atoms with van der Waals surface area (Å²) in [5.74, 6) is 0. The highest BCUT2D eigenvalue weighted by Gasteiger charge is 2.07. The molecule has 1 aromatic rings. The van der Waals surface area contributed by atoms with E-state index in [1.54, 1.807) is 13.3 Å². The van der Waals surface area contributed by atoms with E-state index in [0.717, 1.165) is 24.5 Å². The number of nitriles is 1. The number of ether oxygens (including phenoxy) is 1. The molecule has 0 atom stereocenters. The van der Waals surface area contributed by atoms with Crippen molar-refractivity contribution < 1.29 is 4.74 Å². The van der Waals surface area contributed by atoms with Gasteiger partial charge in [0.05, 0.1) is 12.7 Å². The molecule has 0 saturated heterocycles. The van der Waals surface area contributed by atoms with Gasteiger partial charge in [0.1, 0.15) is 0 Å². The standard InChI is InChI=1S/C10H16N4OS/c1-15-6-5-14(4-2-3-11)8-9-7-13-10(12)16-9/h7H,2,4-6,8H2,1H3,(H2,12,13). The van der Waals surface area contributed by atoms with Crippen LogP contribution < -0.4 is 5.73 Å². The first-order valence-electron chi connectivity index (χ1n) is 5.04. The molecule has 1 aromatic heterocycles. The Bertz CT molecular complexity index is 347. The van der Waals surface area contributed by atoms with Crippen LogP contribution in [0.5, 0.6) is 0 Å². The molecule has 1 rings (SSSR count). The molecule has 0 saturated carbocycles. The molecule has 2 N–H and O–H groups in total. The minimum absolute atomic E-state index is 0.526. The molecule has 6 heteroatoms. The maximum absolute atomic E-state index is 8.57. The lowest BCUT2D eigenvalue weighted by molar-refractivity contribution is 0.146. The largest absolute Gasteiger partial charge is 0.383 e. The molecule has 0 aliphatic heterocycles. The van der Waals surface area contributed by atoms with Gasteiger partial charge in [-0.05, 0) is 0 Å². The fourth-order valence-corrected chi connectivity index (χ4v) is 2.04. The van der Waals surface area contributed by atoms with Crippen LogP contribution in [0.1, 0.15) is 11.3 Å². The van der Waals surface area contributed by atoms with E-state index in [1.807, 2.05) is 0 Å². The van der Waals surface area contributed by atoms with E-state index in [9.17, 15) is 0 Å². The normalized spacial score (nSPS) is 10.6. The minimum Gasteiger partial charge on any atom is -0.383 e. The van der Waals surface area contributed by atoms with Gasteiger partial charge in [0.2, 0.25) is 0 Å². The van der Waals surface area contributed by atoms with Crippen LogP contribution in [0.15, 0.2) is 6.20 Å². The van der Waals surface area contributed by atoms with Crippen molar-refractivity contribution in [3.8, 4) is 6.07 Å². The Morgan fingerprint density at radius 3 is 3.00 bits per heavy atom. The number of nitrogens with zero attached hydrogens (tertiary/aromatic N) is 3. The zero-order valence-electron chi connectivity index (χ0n) is 9.35. The minimum atomic E-state index is 0.526. The molecule has 0 aliphatic rings. The summed E-state index contributed by atoms with van der Waals surface area (Å²) >= 11 is 1.48. The van der Waals surface area contributed by atoms with Crippen LogP contribution in [0.2, 0.25) is 0 Å². The highest BCUT2D eigenvalue weighted by atomic mass is 32.1. The van der Waals surface area contributed by atoms with E-state index in [-0.39, 0.29) is 0 Å². The lowest BCUT2D eigenvalue weighted by atomic mass is 10.3. The SMILES string of the molecule is COCCN(CCC#N)Cc1cnc(N)s1. The third-order valence-corrected chi connectivity index (χ3v) is 2.91. The first-order chi connectivity index (χ1) is 7.76. The van der Waals surface area contributed by atoms with Gasteiger partial charge in [-0.2, -0.15) is 5.26 Å². The van der Waals surface area contributed by atoms with Crippen molar-refractivity contribution >= 4 is 16.5 Å². The molecule has 0 spiro atoms. The summed E-state index contributed by atoms with van der Waals surface area (Å²) in [5, 5.41) is 9.16. The number of hydrogen-bond acceptors (Lipinski definition) is 6. The van der Waals surface area contributed by atoms with Crippen molar-refractivity contribution in [2.75, 3.05) is 32.5 Å². The highest BCUT2D eigenvalue weighted by Crippen LogP contribution is 2.16. The first-order valence-corrected chi connectivity index (χ1v) is 5.86. The van der Waals surface area contributed by atoms with Gasteiger partial charge in [0.15, 0.2) is 5.13 Å². The van der Waals surface area contributed by atoms with Crippen molar-refractivity contribution in [1.82, 2.24) is 9.88 Å². The Kier molecular flexibility index (Phi) is 5.78. The van der Waals surface area contributed by atoms with Gasteiger partial charge in [-0.1, -0.05) is 0 Å². The summed E-state index contributed by atoms with van der Waals surface area (Å²) < 4.78 is 5.03. The molecule has 1 heterocycles. The second-order valence-corrected chi connectivity index (χ2v) is 4.49. The zero-order chi connectivity index (χ0) is 11.8. The van der Waals surface area contributed by atoms with E-state index < -0.39 is 0 Å². The van der Waals surface area contributed by atoms with Crippen LogP contribution in [-0.2, 0) is 11.3 Å². The van der Waals surface area contributed by atoms with E-state index in [4.69, 9.17) is 15.7 Å². The van der Waals surface area contributed by atoms with Crippen LogP contribution in [0, 0.1) is 11.3 Å². The number of nitrogen functional groups attached to an aromatic ring is 1. The molecule has 0 bridgehead atoms. The Hall–Kier alpha value is -1.16. The van der Waals surface area contributed by atoms with Crippen LogP contribution in [0.25, 0.3) is 0 Å². The maximum atomic E-state index is 8.57. The van der Waals surface area contributed by atoms with Gasteiger partial charge >= 0.3 is 0 Å². The lowest BCUT2D eigenvalue weighted by Gasteiger charge is -2.19. The third kappa shape index (κ3) is 4.57. The van der Waals surface area contributed by atoms with Crippen LogP contribution in [0.4, 0.5) is 5.13 Å².